The highest BCUT2D eigenvalue weighted by Crippen LogP contribution is 2.28. The van der Waals surface area contributed by atoms with E-state index in [1.54, 1.807) is 4.90 Å². The molecule has 0 unspecified atom stereocenters. The highest BCUT2D eigenvalue weighted by atomic mass is 19.1. The zero-order valence-electron chi connectivity index (χ0n) is 22.0. The van der Waals surface area contributed by atoms with Crippen molar-refractivity contribution < 1.29 is 18.8 Å². The molecule has 37 heavy (non-hydrogen) atoms. The van der Waals surface area contributed by atoms with Gasteiger partial charge >= 0.3 is 0 Å². The number of carbonyl (C=O) groups is 3. The van der Waals surface area contributed by atoms with E-state index in [1.807, 2.05) is 42.5 Å². The SMILES string of the molecule is CC(=O)N1CCC[C@@H](CC(=O)N2C[C@H](F)C[C@H]2C(=O)N[C@@H](c2ccccc2)c2ccc(C(C)C)cc2)C1. The molecule has 0 aliphatic carbocycles. The summed E-state index contributed by atoms with van der Waals surface area (Å²) in [5.74, 6) is -0.126. The molecule has 6 nitrogen and oxygen atoms in total. The van der Waals surface area contributed by atoms with Gasteiger partial charge in [0.25, 0.3) is 0 Å². The van der Waals surface area contributed by atoms with Crippen LogP contribution >= 0.6 is 0 Å². The van der Waals surface area contributed by atoms with E-state index < -0.39 is 18.3 Å². The van der Waals surface area contributed by atoms with Gasteiger partial charge in [0.2, 0.25) is 17.7 Å². The molecule has 0 spiro atoms. The Morgan fingerprint density at radius 1 is 0.973 bits per heavy atom. The van der Waals surface area contributed by atoms with Gasteiger partial charge in [-0.25, -0.2) is 4.39 Å². The van der Waals surface area contributed by atoms with Gasteiger partial charge in [0.05, 0.1) is 12.6 Å². The number of likely N-dealkylation sites (tertiary alicyclic amines) is 2. The summed E-state index contributed by atoms with van der Waals surface area (Å²) in [5.41, 5.74) is 3.07. The fourth-order valence-electron chi connectivity index (χ4n) is 5.51. The molecule has 4 atom stereocenters. The Balaban J connectivity index is 1.49. The average molecular weight is 508 g/mol. The van der Waals surface area contributed by atoms with Crippen LogP contribution < -0.4 is 5.32 Å². The third-order valence-electron chi connectivity index (χ3n) is 7.66. The highest BCUT2D eigenvalue weighted by Gasteiger charge is 2.41. The van der Waals surface area contributed by atoms with Gasteiger partial charge in [0.1, 0.15) is 12.2 Å². The van der Waals surface area contributed by atoms with Gasteiger partial charge in [-0.2, -0.15) is 0 Å². The van der Waals surface area contributed by atoms with Crippen LogP contribution in [0.1, 0.15) is 75.1 Å². The average Bonchev–Trinajstić information content (AvgIpc) is 3.30. The predicted molar refractivity (Wildman–Crippen MR) is 142 cm³/mol. The van der Waals surface area contributed by atoms with Crippen molar-refractivity contribution in [2.75, 3.05) is 19.6 Å². The number of amides is 3. The maximum Gasteiger partial charge on any atom is 0.243 e. The summed E-state index contributed by atoms with van der Waals surface area (Å²) in [6, 6.07) is 16.6. The van der Waals surface area contributed by atoms with Crippen molar-refractivity contribution in [1.82, 2.24) is 15.1 Å². The third-order valence-corrected chi connectivity index (χ3v) is 7.66. The monoisotopic (exact) mass is 507 g/mol. The smallest absolute Gasteiger partial charge is 0.243 e. The lowest BCUT2D eigenvalue weighted by molar-refractivity contribution is -0.140. The summed E-state index contributed by atoms with van der Waals surface area (Å²) in [4.78, 5) is 41.8. The molecular formula is C30H38FN3O3. The summed E-state index contributed by atoms with van der Waals surface area (Å²) in [6.45, 7) is 6.98. The van der Waals surface area contributed by atoms with Crippen molar-refractivity contribution in [3.63, 3.8) is 0 Å². The first-order valence-corrected chi connectivity index (χ1v) is 13.4. The number of benzene rings is 2. The van der Waals surface area contributed by atoms with Gasteiger partial charge in [0, 0.05) is 32.9 Å². The largest absolute Gasteiger partial charge is 0.343 e. The Bertz CT molecular complexity index is 1090. The number of nitrogens with zero attached hydrogens (tertiary/aromatic N) is 2. The molecular weight excluding hydrogens is 469 g/mol. The first-order chi connectivity index (χ1) is 17.7. The number of hydrogen-bond donors (Lipinski definition) is 1. The van der Waals surface area contributed by atoms with Crippen molar-refractivity contribution in [2.45, 2.75) is 70.6 Å². The molecule has 2 aliphatic rings. The Morgan fingerprint density at radius 3 is 2.27 bits per heavy atom. The van der Waals surface area contributed by atoms with Gasteiger partial charge in [-0.15, -0.1) is 0 Å². The second kappa shape index (κ2) is 11.9. The molecule has 4 rings (SSSR count). The maximum atomic E-state index is 14.6. The minimum absolute atomic E-state index is 0.00436. The molecule has 0 radical (unpaired) electrons. The van der Waals surface area contributed by atoms with Gasteiger partial charge in [-0.1, -0.05) is 68.4 Å². The fraction of sp³-hybridized carbons (Fsp3) is 0.500. The number of piperidine rings is 1. The topological polar surface area (TPSA) is 69.7 Å². The molecule has 3 amide bonds. The quantitative estimate of drug-likeness (QED) is 0.595. The van der Waals surface area contributed by atoms with Crippen LogP contribution in [0.3, 0.4) is 0 Å². The molecule has 0 saturated carbocycles. The molecule has 0 bridgehead atoms. The van der Waals surface area contributed by atoms with Gasteiger partial charge in [-0.3, -0.25) is 14.4 Å². The van der Waals surface area contributed by atoms with Crippen LogP contribution in [0.4, 0.5) is 4.39 Å². The molecule has 2 aromatic rings. The molecule has 2 heterocycles. The zero-order chi connectivity index (χ0) is 26.5. The summed E-state index contributed by atoms with van der Waals surface area (Å²) in [5, 5.41) is 3.12. The Hall–Kier alpha value is -3.22. The molecule has 2 aliphatic heterocycles. The molecule has 0 aromatic heterocycles. The van der Waals surface area contributed by atoms with Crippen LogP contribution in [-0.4, -0.2) is 59.4 Å². The minimum atomic E-state index is -1.24. The zero-order valence-corrected chi connectivity index (χ0v) is 22.0. The Labute approximate surface area is 219 Å². The van der Waals surface area contributed by atoms with E-state index >= 15 is 0 Å². The van der Waals surface area contributed by atoms with Crippen LogP contribution in [0.15, 0.2) is 54.6 Å². The molecule has 198 valence electrons. The lowest BCUT2D eigenvalue weighted by Crippen LogP contribution is -2.48. The molecule has 1 N–H and O–H groups in total. The van der Waals surface area contributed by atoms with Crippen molar-refractivity contribution in [3.8, 4) is 0 Å². The second-order valence-electron chi connectivity index (χ2n) is 10.7. The van der Waals surface area contributed by atoms with E-state index in [2.05, 4.69) is 31.3 Å². The number of rotatable bonds is 7. The molecule has 7 heteroatoms. The summed E-state index contributed by atoms with van der Waals surface area (Å²) in [6.07, 6.45) is 0.679. The lowest BCUT2D eigenvalue weighted by Gasteiger charge is -2.33. The maximum absolute atomic E-state index is 14.6. The van der Waals surface area contributed by atoms with E-state index in [-0.39, 0.29) is 43.0 Å². The van der Waals surface area contributed by atoms with Gasteiger partial charge < -0.3 is 15.1 Å². The molecule has 2 saturated heterocycles. The number of hydrogen-bond acceptors (Lipinski definition) is 3. The summed E-state index contributed by atoms with van der Waals surface area (Å²) >= 11 is 0. The standard InChI is InChI=1S/C30H38FN3O3/c1-20(2)23-11-13-25(14-12-23)29(24-9-5-4-6-10-24)32-30(37)27-17-26(31)19-34(27)28(36)16-22-8-7-15-33(18-22)21(3)35/h4-6,9-14,20,22,26-27,29H,7-8,15-19H2,1-3H3,(H,32,37)/t22-,26+,27-,29-/m0/s1. The number of alkyl halides is 1. The third kappa shape index (κ3) is 6.56. The normalized spacial score (nSPS) is 22.7. The van der Waals surface area contributed by atoms with Gasteiger partial charge in [0.15, 0.2) is 0 Å². The first-order valence-electron chi connectivity index (χ1n) is 13.4. The van der Waals surface area contributed by atoms with Gasteiger partial charge in [-0.05, 0) is 41.4 Å². The molecule has 2 fully saturated rings. The Morgan fingerprint density at radius 2 is 1.62 bits per heavy atom. The number of carbonyl (C=O) groups excluding carboxylic acids is 3. The Kier molecular flexibility index (Phi) is 8.62. The van der Waals surface area contributed by atoms with E-state index in [1.165, 1.54) is 17.4 Å². The second-order valence-corrected chi connectivity index (χ2v) is 10.7. The predicted octanol–water partition coefficient (Wildman–Crippen LogP) is 4.60. The number of halogens is 1. The van der Waals surface area contributed by atoms with E-state index in [0.717, 1.165) is 24.0 Å². The van der Waals surface area contributed by atoms with Crippen molar-refractivity contribution in [2.24, 2.45) is 5.92 Å². The van der Waals surface area contributed by atoms with Crippen LogP contribution in [-0.2, 0) is 14.4 Å². The van der Waals surface area contributed by atoms with Crippen LogP contribution in [0, 0.1) is 5.92 Å². The van der Waals surface area contributed by atoms with Crippen molar-refractivity contribution in [1.29, 1.82) is 0 Å². The van der Waals surface area contributed by atoms with Crippen molar-refractivity contribution >= 4 is 17.7 Å². The van der Waals surface area contributed by atoms with Crippen LogP contribution in [0.2, 0.25) is 0 Å². The highest BCUT2D eigenvalue weighted by molar-refractivity contribution is 5.89. The van der Waals surface area contributed by atoms with Crippen LogP contribution in [0.25, 0.3) is 0 Å². The number of nitrogens with one attached hydrogen (secondary N) is 1. The minimum Gasteiger partial charge on any atom is -0.343 e. The van der Waals surface area contributed by atoms with E-state index in [9.17, 15) is 18.8 Å². The van der Waals surface area contributed by atoms with E-state index in [4.69, 9.17) is 0 Å². The lowest BCUT2D eigenvalue weighted by atomic mass is 9.94. The fourth-order valence-corrected chi connectivity index (χ4v) is 5.51. The van der Waals surface area contributed by atoms with E-state index in [0.29, 0.717) is 19.0 Å². The summed E-state index contributed by atoms with van der Waals surface area (Å²) < 4.78 is 14.6. The first kappa shape index (κ1) is 26.8. The van der Waals surface area contributed by atoms with Crippen molar-refractivity contribution in [3.05, 3.63) is 71.3 Å². The molecule has 2 aromatic carbocycles. The van der Waals surface area contributed by atoms with Crippen LogP contribution in [0.5, 0.6) is 0 Å². The summed E-state index contributed by atoms with van der Waals surface area (Å²) in [7, 11) is 0.